The van der Waals surface area contributed by atoms with Crippen molar-refractivity contribution in [2.45, 2.75) is 26.4 Å². The van der Waals surface area contributed by atoms with Crippen LogP contribution in [0.2, 0.25) is 0 Å². The van der Waals surface area contributed by atoms with E-state index in [0.29, 0.717) is 11.0 Å². The molecule has 0 heterocycles. The number of nitrogens with one attached hydrogen (secondary N) is 1. The third-order valence-electron chi connectivity index (χ3n) is 1.98. The van der Waals surface area contributed by atoms with Gasteiger partial charge < -0.3 is 10.4 Å². The monoisotopic (exact) mass is 275 g/mol. The maximum absolute atomic E-state index is 13.1. The van der Waals surface area contributed by atoms with Gasteiger partial charge in [0.25, 0.3) is 0 Å². The van der Waals surface area contributed by atoms with Crippen molar-refractivity contribution in [3.8, 4) is 0 Å². The Balaban J connectivity index is 2.82. The predicted octanol–water partition coefficient (Wildman–Crippen LogP) is 3.08. The molecular weight excluding hydrogens is 261 g/mol. The molecule has 0 amide bonds. The normalized spacial score (nSPS) is 11.6. The van der Waals surface area contributed by atoms with Crippen molar-refractivity contribution in [3.05, 3.63) is 28.0 Å². The van der Waals surface area contributed by atoms with Crippen LogP contribution in [0, 0.1) is 12.7 Å². The molecule has 0 fully saturated rings. The Bertz CT molecular complexity index is 360. The van der Waals surface area contributed by atoms with Crippen molar-refractivity contribution >= 4 is 21.6 Å². The third kappa shape index (κ3) is 3.80. The standard InChI is InChI=1S/C11H15BrFNO/c1-7-4-9(13)8(12)5-10(7)14-6-11(2,3)15/h4-5,14-15H,6H2,1-3H3. The zero-order chi connectivity index (χ0) is 11.6. The molecule has 0 bridgehead atoms. The second-order valence-electron chi connectivity index (χ2n) is 4.25. The summed E-state index contributed by atoms with van der Waals surface area (Å²) in [5.41, 5.74) is 0.859. The summed E-state index contributed by atoms with van der Waals surface area (Å²) < 4.78 is 13.5. The van der Waals surface area contributed by atoms with Gasteiger partial charge in [-0.25, -0.2) is 4.39 Å². The van der Waals surface area contributed by atoms with E-state index in [4.69, 9.17) is 0 Å². The van der Waals surface area contributed by atoms with E-state index in [0.717, 1.165) is 11.3 Å². The van der Waals surface area contributed by atoms with Crippen LogP contribution in [-0.2, 0) is 0 Å². The molecular formula is C11H15BrFNO. The first-order chi connectivity index (χ1) is 6.79. The van der Waals surface area contributed by atoms with E-state index in [1.807, 2.05) is 6.92 Å². The summed E-state index contributed by atoms with van der Waals surface area (Å²) in [6.07, 6.45) is 0. The van der Waals surface area contributed by atoms with Gasteiger partial charge in [0.2, 0.25) is 0 Å². The SMILES string of the molecule is Cc1cc(F)c(Br)cc1NCC(C)(C)O. The van der Waals surface area contributed by atoms with Gasteiger partial charge in [0, 0.05) is 12.2 Å². The Morgan fingerprint density at radius 3 is 2.60 bits per heavy atom. The van der Waals surface area contributed by atoms with Gasteiger partial charge in [-0.1, -0.05) is 0 Å². The highest BCUT2D eigenvalue weighted by Crippen LogP contribution is 2.24. The molecule has 84 valence electrons. The lowest BCUT2D eigenvalue weighted by Crippen LogP contribution is -2.29. The summed E-state index contributed by atoms with van der Waals surface area (Å²) in [5.74, 6) is -0.277. The minimum absolute atomic E-state index is 0.277. The van der Waals surface area contributed by atoms with Gasteiger partial charge in [0.05, 0.1) is 10.1 Å². The summed E-state index contributed by atoms with van der Waals surface area (Å²) >= 11 is 3.12. The maximum atomic E-state index is 13.1. The molecule has 0 aliphatic carbocycles. The minimum atomic E-state index is -0.784. The molecule has 1 aromatic rings. The van der Waals surface area contributed by atoms with Crippen molar-refractivity contribution < 1.29 is 9.50 Å². The van der Waals surface area contributed by atoms with E-state index >= 15 is 0 Å². The first kappa shape index (κ1) is 12.5. The molecule has 0 saturated carbocycles. The summed E-state index contributed by atoms with van der Waals surface area (Å²) in [7, 11) is 0. The summed E-state index contributed by atoms with van der Waals surface area (Å²) in [5, 5.41) is 12.6. The number of benzene rings is 1. The number of aliphatic hydroxyl groups is 1. The first-order valence-corrected chi connectivity index (χ1v) is 5.51. The average molecular weight is 276 g/mol. The minimum Gasteiger partial charge on any atom is -0.389 e. The molecule has 2 N–H and O–H groups in total. The second kappa shape index (κ2) is 4.49. The van der Waals surface area contributed by atoms with E-state index in [-0.39, 0.29) is 5.82 Å². The van der Waals surface area contributed by atoms with Crippen LogP contribution in [0.4, 0.5) is 10.1 Å². The highest BCUT2D eigenvalue weighted by Gasteiger charge is 2.13. The average Bonchev–Trinajstić information content (AvgIpc) is 2.07. The van der Waals surface area contributed by atoms with Crippen molar-refractivity contribution in [1.29, 1.82) is 0 Å². The fraction of sp³-hybridized carbons (Fsp3) is 0.455. The largest absolute Gasteiger partial charge is 0.389 e. The lowest BCUT2D eigenvalue weighted by Gasteiger charge is -2.19. The van der Waals surface area contributed by atoms with Gasteiger partial charge in [-0.3, -0.25) is 0 Å². The quantitative estimate of drug-likeness (QED) is 0.889. The van der Waals surface area contributed by atoms with Gasteiger partial charge in [-0.15, -0.1) is 0 Å². The number of aryl methyl sites for hydroxylation is 1. The Labute approximate surface area is 97.6 Å². The molecule has 2 nitrogen and oxygen atoms in total. The molecule has 0 aliphatic rings. The lowest BCUT2D eigenvalue weighted by atomic mass is 10.1. The van der Waals surface area contributed by atoms with Gasteiger partial charge in [0.1, 0.15) is 5.82 Å². The molecule has 0 aliphatic heterocycles. The smallest absolute Gasteiger partial charge is 0.137 e. The van der Waals surface area contributed by atoms with Crippen LogP contribution >= 0.6 is 15.9 Å². The molecule has 0 saturated heterocycles. The van der Waals surface area contributed by atoms with E-state index in [9.17, 15) is 9.50 Å². The van der Waals surface area contributed by atoms with E-state index < -0.39 is 5.60 Å². The lowest BCUT2D eigenvalue weighted by molar-refractivity contribution is 0.0945. The maximum Gasteiger partial charge on any atom is 0.137 e. The Morgan fingerprint density at radius 2 is 2.07 bits per heavy atom. The predicted molar refractivity (Wildman–Crippen MR) is 63.6 cm³/mol. The molecule has 1 aromatic carbocycles. The van der Waals surface area contributed by atoms with E-state index in [2.05, 4.69) is 21.2 Å². The van der Waals surface area contributed by atoms with Crippen LogP contribution in [-0.4, -0.2) is 17.3 Å². The van der Waals surface area contributed by atoms with Crippen molar-refractivity contribution in [3.63, 3.8) is 0 Å². The molecule has 0 unspecified atom stereocenters. The van der Waals surface area contributed by atoms with Crippen LogP contribution in [0.25, 0.3) is 0 Å². The van der Waals surface area contributed by atoms with Crippen LogP contribution < -0.4 is 5.32 Å². The fourth-order valence-electron chi connectivity index (χ4n) is 1.15. The zero-order valence-corrected chi connectivity index (χ0v) is 10.7. The summed E-state index contributed by atoms with van der Waals surface area (Å²) in [4.78, 5) is 0. The molecule has 0 aromatic heterocycles. The molecule has 4 heteroatoms. The van der Waals surface area contributed by atoms with Crippen molar-refractivity contribution in [2.75, 3.05) is 11.9 Å². The summed E-state index contributed by atoms with van der Waals surface area (Å²) in [6.45, 7) is 5.68. The van der Waals surface area contributed by atoms with Gasteiger partial charge in [0.15, 0.2) is 0 Å². The Morgan fingerprint density at radius 1 is 1.47 bits per heavy atom. The molecule has 0 radical (unpaired) electrons. The van der Waals surface area contributed by atoms with Crippen LogP contribution in [0.1, 0.15) is 19.4 Å². The van der Waals surface area contributed by atoms with Crippen LogP contribution in [0.15, 0.2) is 16.6 Å². The number of halogens is 2. The fourth-order valence-corrected chi connectivity index (χ4v) is 1.49. The number of rotatable bonds is 3. The van der Waals surface area contributed by atoms with Gasteiger partial charge in [-0.05, 0) is 54.4 Å². The highest BCUT2D eigenvalue weighted by molar-refractivity contribution is 9.10. The Kier molecular flexibility index (Phi) is 3.73. The highest BCUT2D eigenvalue weighted by atomic mass is 79.9. The molecule has 0 spiro atoms. The molecule has 1 rings (SSSR count). The van der Waals surface area contributed by atoms with Gasteiger partial charge in [-0.2, -0.15) is 0 Å². The van der Waals surface area contributed by atoms with Crippen LogP contribution in [0.3, 0.4) is 0 Å². The van der Waals surface area contributed by atoms with E-state index in [1.54, 1.807) is 19.9 Å². The second-order valence-corrected chi connectivity index (χ2v) is 5.10. The van der Waals surface area contributed by atoms with Crippen molar-refractivity contribution in [2.24, 2.45) is 0 Å². The molecule has 15 heavy (non-hydrogen) atoms. The summed E-state index contributed by atoms with van der Waals surface area (Å²) in [6, 6.07) is 3.13. The van der Waals surface area contributed by atoms with Crippen molar-refractivity contribution in [1.82, 2.24) is 0 Å². The number of hydrogen-bond donors (Lipinski definition) is 2. The number of anilines is 1. The van der Waals surface area contributed by atoms with Gasteiger partial charge >= 0.3 is 0 Å². The molecule has 0 atom stereocenters. The van der Waals surface area contributed by atoms with E-state index in [1.165, 1.54) is 6.07 Å². The first-order valence-electron chi connectivity index (χ1n) is 4.71. The Hall–Kier alpha value is -0.610. The topological polar surface area (TPSA) is 32.3 Å². The van der Waals surface area contributed by atoms with Crippen LogP contribution in [0.5, 0.6) is 0 Å². The zero-order valence-electron chi connectivity index (χ0n) is 9.06. The number of hydrogen-bond acceptors (Lipinski definition) is 2. The third-order valence-corrected chi connectivity index (χ3v) is 2.59.